The van der Waals surface area contributed by atoms with Crippen molar-refractivity contribution in [2.24, 2.45) is 0 Å². The van der Waals surface area contributed by atoms with Gasteiger partial charge in [-0.3, -0.25) is 4.79 Å². The third-order valence-electron chi connectivity index (χ3n) is 5.71. The molecule has 1 fully saturated rings. The minimum atomic E-state index is -0.507. The monoisotopic (exact) mass is 424 g/mol. The number of nitrogens with zero attached hydrogens (tertiary/aromatic N) is 2. The third kappa shape index (κ3) is 4.93. The zero-order chi connectivity index (χ0) is 21.6. The average Bonchev–Trinajstić information content (AvgIpc) is 2.84. The summed E-state index contributed by atoms with van der Waals surface area (Å²) in [4.78, 5) is 28.6. The van der Waals surface area contributed by atoms with Crippen molar-refractivity contribution in [3.05, 3.63) is 54.1 Å². The number of fused-ring (bicyclic) bond motifs is 1. The number of piperidine rings is 1. The predicted molar refractivity (Wildman–Crippen MR) is 117 cm³/mol. The molecular formula is C24H28N2O5. The predicted octanol–water partition coefficient (Wildman–Crippen LogP) is 3.13. The van der Waals surface area contributed by atoms with Crippen LogP contribution in [0, 0.1) is 0 Å². The average molecular weight is 424 g/mol. The zero-order valence-electron chi connectivity index (χ0n) is 17.8. The van der Waals surface area contributed by atoms with Gasteiger partial charge >= 0.3 is 5.97 Å². The number of para-hydroxylation sites is 2. The zero-order valence-corrected chi connectivity index (χ0v) is 17.8. The van der Waals surface area contributed by atoms with Crippen molar-refractivity contribution in [1.29, 1.82) is 0 Å². The maximum Gasteiger partial charge on any atom is 0.337 e. The van der Waals surface area contributed by atoms with E-state index in [1.54, 1.807) is 24.3 Å². The van der Waals surface area contributed by atoms with E-state index >= 15 is 0 Å². The Labute approximate surface area is 182 Å². The first kappa shape index (κ1) is 21.0. The van der Waals surface area contributed by atoms with E-state index in [2.05, 4.69) is 4.90 Å². The fourth-order valence-electron chi connectivity index (χ4n) is 4.04. The normalized spacial score (nSPS) is 18.0. The van der Waals surface area contributed by atoms with Crippen LogP contribution in [-0.4, -0.2) is 62.8 Å². The van der Waals surface area contributed by atoms with E-state index in [0.717, 1.165) is 37.4 Å². The van der Waals surface area contributed by atoms with E-state index in [0.29, 0.717) is 31.0 Å². The molecule has 164 valence electrons. The standard InChI is InChI=1S/C24H28N2O5/c1-29-24(28)18-9-11-19(12-10-18)30-16-15-26-17-22(23(27)25-13-5-2-6-14-25)31-21-8-4-3-7-20(21)26/h3-4,7-12,22H,2,5-6,13-17H2,1H3. The van der Waals surface area contributed by atoms with Crippen LogP contribution >= 0.6 is 0 Å². The molecule has 7 heteroatoms. The van der Waals surface area contributed by atoms with Crippen molar-refractivity contribution in [3.63, 3.8) is 0 Å². The van der Waals surface area contributed by atoms with E-state index in [4.69, 9.17) is 14.2 Å². The van der Waals surface area contributed by atoms with Gasteiger partial charge < -0.3 is 24.0 Å². The summed E-state index contributed by atoms with van der Waals surface area (Å²) in [5.41, 5.74) is 1.45. The molecule has 1 saturated heterocycles. The molecule has 1 unspecified atom stereocenters. The Morgan fingerprint density at radius 1 is 1.03 bits per heavy atom. The van der Waals surface area contributed by atoms with Crippen molar-refractivity contribution in [3.8, 4) is 11.5 Å². The van der Waals surface area contributed by atoms with Gasteiger partial charge in [-0.25, -0.2) is 4.79 Å². The van der Waals surface area contributed by atoms with E-state index in [1.807, 2.05) is 29.2 Å². The summed E-state index contributed by atoms with van der Waals surface area (Å²) >= 11 is 0. The molecule has 7 nitrogen and oxygen atoms in total. The summed E-state index contributed by atoms with van der Waals surface area (Å²) in [5.74, 6) is 1.10. The van der Waals surface area contributed by atoms with Gasteiger partial charge in [-0.2, -0.15) is 0 Å². The number of anilines is 1. The van der Waals surface area contributed by atoms with Crippen LogP contribution in [0.15, 0.2) is 48.5 Å². The third-order valence-corrected chi connectivity index (χ3v) is 5.71. The van der Waals surface area contributed by atoms with Gasteiger partial charge in [0.2, 0.25) is 0 Å². The molecule has 1 atom stereocenters. The molecule has 0 aromatic heterocycles. The fraction of sp³-hybridized carbons (Fsp3) is 0.417. The summed E-state index contributed by atoms with van der Waals surface area (Å²) in [6, 6.07) is 14.7. The number of rotatable bonds is 6. The van der Waals surface area contributed by atoms with Crippen molar-refractivity contribution >= 4 is 17.6 Å². The minimum absolute atomic E-state index is 0.0681. The van der Waals surface area contributed by atoms with Crippen molar-refractivity contribution < 1.29 is 23.8 Å². The fourth-order valence-corrected chi connectivity index (χ4v) is 4.04. The first-order chi connectivity index (χ1) is 15.2. The van der Waals surface area contributed by atoms with Crippen molar-refractivity contribution in [2.75, 3.05) is 44.8 Å². The first-order valence-corrected chi connectivity index (χ1v) is 10.8. The van der Waals surface area contributed by atoms with Crippen LogP contribution in [0.4, 0.5) is 5.69 Å². The number of carbonyl (C=O) groups is 2. The van der Waals surface area contributed by atoms with Gasteiger partial charge in [0, 0.05) is 13.1 Å². The second kappa shape index (κ2) is 9.73. The number of esters is 1. The van der Waals surface area contributed by atoms with Crippen LogP contribution in [-0.2, 0) is 9.53 Å². The summed E-state index contributed by atoms with van der Waals surface area (Å²) in [6.45, 7) is 3.17. The Morgan fingerprint density at radius 2 is 1.77 bits per heavy atom. The molecule has 0 saturated carbocycles. The quantitative estimate of drug-likeness (QED) is 0.664. The topological polar surface area (TPSA) is 68.3 Å². The van der Waals surface area contributed by atoms with Gasteiger partial charge in [0.1, 0.15) is 18.1 Å². The summed E-state index contributed by atoms with van der Waals surface area (Å²) in [5, 5.41) is 0. The van der Waals surface area contributed by atoms with Gasteiger partial charge in [-0.05, 0) is 55.7 Å². The SMILES string of the molecule is COC(=O)c1ccc(OCCN2CC(C(=O)N3CCCCC3)Oc3ccccc32)cc1. The van der Waals surface area contributed by atoms with Crippen LogP contribution in [0.3, 0.4) is 0 Å². The molecule has 2 heterocycles. The highest BCUT2D eigenvalue weighted by atomic mass is 16.5. The van der Waals surface area contributed by atoms with Crippen molar-refractivity contribution in [1.82, 2.24) is 4.90 Å². The highest BCUT2D eigenvalue weighted by Gasteiger charge is 2.33. The molecule has 0 radical (unpaired) electrons. The first-order valence-electron chi connectivity index (χ1n) is 10.8. The van der Waals surface area contributed by atoms with Crippen LogP contribution in [0.5, 0.6) is 11.5 Å². The lowest BCUT2D eigenvalue weighted by Gasteiger charge is -2.38. The molecule has 2 aliphatic heterocycles. The maximum absolute atomic E-state index is 13.0. The van der Waals surface area contributed by atoms with E-state index in [1.165, 1.54) is 13.5 Å². The van der Waals surface area contributed by atoms with Crippen LogP contribution < -0.4 is 14.4 Å². The Bertz CT molecular complexity index is 908. The van der Waals surface area contributed by atoms with Gasteiger partial charge in [0.25, 0.3) is 5.91 Å². The largest absolute Gasteiger partial charge is 0.492 e. The summed E-state index contributed by atoms with van der Waals surface area (Å²) in [6.07, 6.45) is 2.79. The molecule has 4 rings (SSSR count). The Hall–Kier alpha value is -3.22. The lowest BCUT2D eigenvalue weighted by Crippen LogP contribution is -2.52. The second-order valence-electron chi connectivity index (χ2n) is 7.77. The number of benzene rings is 2. The molecule has 31 heavy (non-hydrogen) atoms. The Kier molecular flexibility index (Phi) is 6.60. The Morgan fingerprint density at radius 3 is 2.52 bits per heavy atom. The van der Waals surface area contributed by atoms with Crippen LogP contribution in [0.25, 0.3) is 0 Å². The Balaban J connectivity index is 1.39. The summed E-state index contributed by atoms with van der Waals surface area (Å²) in [7, 11) is 1.36. The molecule has 0 bridgehead atoms. The van der Waals surface area contributed by atoms with Crippen LogP contribution in [0.1, 0.15) is 29.6 Å². The highest BCUT2D eigenvalue weighted by Crippen LogP contribution is 2.33. The number of carbonyl (C=O) groups excluding carboxylic acids is 2. The number of methoxy groups -OCH3 is 1. The van der Waals surface area contributed by atoms with Crippen molar-refractivity contribution in [2.45, 2.75) is 25.4 Å². The van der Waals surface area contributed by atoms with E-state index in [-0.39, 0.29) is 11.9 Å². The van der Waals surface area contributed by atoms with Crippen LogP contribution in [0.2, 0.25) is 0 Å². The summed E-state index contributed by atoms with van der Waals surface area (Å²) < 4.78 is 16.7. The van der Waals surface area contributed by atoms with E-state index in [9.17, 15) is 9.59 Å². The number of ether oxygens (including phenoxy) is 3. The molecule has 2 aromatic carbocycles. The van der Waals surface area contributed by atoms with Gasteiger partial charge in [-0.1, -0.05) is 12.1 Å². The number of amides is 1. The number of hydrogen-bond acceptors (Lipinski definition) is 6. The lowest BCUT2D eigenvalue weighted by atomic mass is 10.1. The smallest absolute Gasteiger partial charge is 0.337 e. The minimum Gasteiger partial charge on any atom is -0.492 e. The molecule has 2 aromatic rings. The highest BCUT2D eigenvalue weighted by molar-refractivity contribution is 5.89. The lowest BCUT2D eigenvalue weighted by molar-refractivity contribution is -0.139. The molecule has 0 aliphatic carbocycles. The second-order valence-corrected chi connectivity index (χ2v) is 7.77. The maximum atomic E-state index is 13.0. The number of likely N-dealkylation sites (tertiary alicyclic amines) is 1. The molecular weight excluding hydrogens is 396 g/mol. The van der Waals surface area contributed by atoms with Gasteiger partial charge in [0.15, 0.2) is 6.10 Å². The molecule has 0 N–H and O–H groups in total. The van der Waals surface area contributed by atoms with Gasteiger partial charge in [0.05, 0.1) is 31.5 Å². The van der Waals surface area contributed by atoms with Gasteiger partial charge in [-0.15, -0.1) is 0 Å². The molecule has 1 amide bonds. The number of hydrogen-bond donors (Lipinski definition) is 0. The van der Waals surface area contributed by atoms with E-state index < -0.39 is 6.10 Å². The molecule has 0 spiro atoms. The molecule has 2 aliphatic rings.